The van der Waals surface area contributed by atoms with E-state index in [1.54, 1.807) is 11.8 Å². The monoisotopic (exact) mass is 206 g/mol. The Balaban J connectivity index is 2.71. The molecule has 3 heteroatoms. The largest absolute Gasteiger partial charge is 0.370 e. The molecular weight excluding hydrogens is 192 g/mol. The Bertz CT molecular complexity index is 330. The van der Waals surface area contributed by atoms with Crippen molar-refractivity contribution < 1.29 is 0 Å². The van der Waals surface area contributed by atoms with Crippen LogP contribution in [0.2, 0.25) is 0 Å². The van der Waals surface area contributed by atoms with E-state index in [-0.39, 0.29) is 6.04 Å². The first-order valence-corrected chi connectivity index (χ1v) is 5.82. The smallest absolute Gasteiger partial charge is 0.114 e. The van der Waals surface area contributed by atoms with Gasteiger partial charge in [-0.2, -0.15) is 5.26 Å². The van der Waals surface area contributed by atoms with Crippen molar-refractivity contribution in [1.82, 2.24) is 0 Å². The molecule has 1 atom stereocenters. The van der Waals surface area contributed by atoms with Gasteiger partial charge in [-0.05, 0) is 30.9 Å². The van der Waals surface area contributed by atoms with Gasteiger partial charge in [0.15, 0.2) is 0 Å². The summed E-state index contributed by atoms with van der Waals surface area (Å²) in [4.78, 5) is 1.21. The number of benzene rings is 1. The average Bonchev–Trinajstić information content (AvgIpc) is 2.26. The van der Waals surface area contributed by atoms with E-state index in [0.717, 1.165) is 12.1 Å². The van der Waals surface area contributed by atoms with Gasteiger partial charge in [-0.15, -0.1) is 11.8 Å². The van der Waals surface area contributed by atoms with Crippen LogP contribution in [0.15, 0.2) is 29.2 Å². The van der Waals surface area contributed by atoms with E-state index in [1.807, 2.05) is 25.3 Å². The second-order valence-corrected chi connectivity index (χ2v) is 3.85. The first kappa shape index (κ1) is 10.9. The molecule has 1 N–H and O–H groups in total. The lowest BCUT2D eigenvalue weighted by Gasteiger charge is -2.11. The van der Waals surface area contributed by atoms with E-state index in [0.29, 0.717) is 0 Å². The number of thioether (sulfide) groups is 1. The van der Waals surface area contributed by atoms with Gasteiger partial charge in [-0.1, -0.05) is 13.0 Å². The van der Waals surface area contributed by atoms with E-state index in [2.05, 4.69) is 23.5 Å². The molecule has 1 unspecified atom stereocenters. The van der Waals surface area contributed by atoms with Crippen LogP contribution in [0.25, 0.3) is 0 Å². The SMILES string of the molecule is CCC(C#N)Nc1cccc(SC)c1. The van der Waals surface area contributed by atoms with E-state index in [1.165, 1.54) is 4.90 Å². The Morgan fingerprint density at radius 1 is 1.57 bits per heavy atom. The van der Waals surface area contributed by atoms with Crippen molar-refractivity contribution in [2.45, 2.75) is 24.3 Å². The van der Waals surface area contributed by atoms with Crippen molar-refractivity contribution in [2.24, 2.45) is 0 Å². The van der Waals surface area contributed by atoms with E-state index in [4.69, 9.17) is 5.26 Å². The lowest BCUT2D eigenvalue weighted by Crippen LogP contribution is -2.15. The maximum absolute atomic E-state index is 8.80. The average molecular weight is 206 g/mol. The zero-order valence-electron chi connectivity index (χ0n) is 8.45. The van der Waals surface area contributed by atoms with Gasteiger partial charge >= 0.3 is 0 Å². The summed E-state index contributed by atoms with van der Waals surface area (Å²) in [6, 6.07) is 10.2. The normalized spacial score (nSPS) is 11.8. The minimum atomic E-state index is -0.0906. The standard InChI is InChI=1S/C11H14N2S/c1-3-9(8-12)13-10-5-4-6-11(7-10)14-2/h4-7,9,13H,3H2,1-2H3. The van der Waals surface area contributed by atoms with Crippen LogP contribution in [0.1, 0.15) is 13.3 Å². The fourth-order valence-electron chi connectivity index (χ4n) is 1.14. The molecule has 0 spiro atoms. The molecule has 0 aliphatic carbocycles. The van der Waals surface area contributed by atoms with Gasteiger partial charge in [0.05, 0.1) is 6.07 Å². The van der Waals surface area contributed by atoms with Crippen molar-refractivity contribution >= 4 is 17.4 Å². The van der Waals surface area contributed by atoms with Gasteiger partial charge in [-0.25, -0.2) is 0 Å². The molecule has 0 saturated carbocycles. The number of hydrogen-bond acceptors (Lipinski definition) is 3. The summed E-state index contributed by atoms with van der Waals surface area (Å²) < 4.78 is 0. The second-order valence-electron chi connectivity index (χ2n) is 2.97. The molecule has 0 aromatic heterocycles. The minimum Gasteiger partial charge on any atom is -0.370 e. The fourth-order valence-corrected chi connectivity index (χ4v) is 1.60. The number of nitrogens with one attached hydrogen (secondary N) is 1. The summed E-state index contributed by atoms with van der Waals surface area (Å²) in [5.41, 5.74) is 1.02. The van der Waals surface area contributed by atoms with Crippen LogP contribution in [0.4, 0.5) is 5.69 Å². The summed E-state index contributed by atoms with van der Waals surface area (Å²) in [6.45, 7) is 2.00. The molecule has 2 nitrogen and oxygen atoms in total. The van der Waals surface area contributed by atoms with Gasteiger partial charge in [0.1, 0.15) is 6.04 Å². The number of anilines is 1. The molecule has 0 radical (unpaired) electrons. The summed E-state index contributed by atoms with van der Waals surface area (Å²) in [7, 11) is 0. The minimum absolute atomic E-state index is 0.0906. The Morgan fingerprint density at radius 2 is 2.36 bits per heavy atom. The van der Waals surface area contributed by atoms with Crippen LogP contribution in [-0.4, -0.2) is 12.3 Å². The van der Waals surface area contributed by atoms with E-state index in [9.17, 15) is 0 Å². The zero-order valence-corrected chi connectivity index (χ0v) is 9.27. The van der Waals surface area contributed by atoms with Crippen LogP contribution < -0.4 is 5.32 Å². The molecule has 0 aliphatic heterocycles. The van der Waals surface area contributed by atoms with Crippen LogP contribution >= 0.6 is 11.8 Å². The van der Waals surface area contributed by atoms with Crippen LogP contribution in [0.5, 0.6) is 0 Å². The molecule has 0 fully saturated rings. The molecule has 0 aliphatic rings. The maximum Gasteiger partial charge on any atom is 0.114 e. The van der Waals surface area contributed by atoms with Gasteiger partial charge < -0.3 is 5.32 Å². The van der Waals surface area contributed by atoms with Gasteiger partial charge in [0.2, 0.25) is 0 Å². The van der Waals surface area contributed by atoms with Crippen LogP contribution in [-0.2, 0) is 0 Å². The fraction of sp³-hybridized carbons (Fsp3) is 0.364. The molecule has 0 saturated heterocycles. The van der Waals surface area contributed by atoms with Crippen molar-refractivity contribution in [1.29, 1.82) is 5.26 Å². The Labute approximate surface area is 89.3 Å². The lowest BCUT2D eigenvalue weighted by atomic mass is 10.2. The third-order valence-electron chi connectivity index (χ3n) is 1.97. The predicted octanol–water partition coefficient (Wildman–Crippen LogP) is 3.12. The molecule has 1 aromatic carbocycles. The molecule has 0 bridgehead atoms. The Kier molecular flexibility index (Phi) is 4.34. The maximum atomic E-state index is 8.80. The van der Waals surface area contributed by atoms with Crippen molar-refractivity contribution in [2.75, 3.05) is 11.6 Å². The van der Waals surface area contributed by atoms with Crippen molar-refractivity contribution in [3.8, 4) is 6.07 Å². The molecule has 0 amide bonds. The first-order valence-electron chi connectivity index (χ1n) is 4.60. The first-order chi connectivity index (χ1) is 6.80. The van der Waals surface area contributed by atoms with E-state index >= 15 is 0 Å². The molecular formula is C11H14N2S. The van der Waals surface area contributed by atoms with Crippen LogP contribution in [0, 0.1) is 11.3 Å². The van der Waals surface area contributed by atoms with E-state index < -0.39 is 0 Å². The highest BCUT2D eigenvalue weighted by Gasteiger charge is 2.03. The predicted molar refractivity (Wildman–Crippen MR) is 61.5 cm³/mol. The zero-order chi connectivity index (χ0) is 10.4. The van der Waals surface area contributed by atoms with Gasteiger partial charge in [0, 0.05) is 10.6 Å². The number of hydrogen-bond donors (Lipinski definition) is 1. The molecule has 1 aromatic rings. The van der Waals surface area contributed by atoms with Crippen molar-refractivity contribution in [3.05, 3.63) is 24.3 Å². The summed E-state index contributed by atoms with van der Waals surface area (Å²) >= 11 is 1.70. The molecule has 1 rings (SSSR count). The quantitative estimate of drug-likeness (QED) is 0.769. The van der Waals surface area contributed by atoms with Gasteiger partial charge in [-0.3, -0.25) is 0 Å². The third kappa shape index (κ3) is 2.97. The van der Waals surface area contributed by atoms with Crippen LogP contribution in [0.3, 0.4) is 0 Å². The van der Waals surface area contributed by atoms with Gasteiger partial charge in [0.25, 0.3) is 0 Å². The number of nitrogens with zero attached hydrogens (tertiary/aromatic N) is 1. The molecule has 14 heavy (non-hydrogen) atoms. The highest BCUT2D eigenvalue weighted by Crippen LogP contribution is 2.19. The van der Waals surface area contributed by atoms with Crippen molar-refractivity contribution in [3.63, 3.8) is 0 Å². The highest BCUT2D eigenvalue weighted by molar-refractivity contribution is 7.98. The summed E-state index contributed by atoms with van der Waals surface area (Å²) in [5, 5.41) is 12.0. The summed E-state index contributed by atoms with van der Waals surface area (Å²) in [5.74, 6) is 0. The Hall–Kier alpha value is -1.14. The number of nitriles is 1. The number of rotatable bonds is 4. The summed E-state index contributed by atoms with van der Waals surface area (Å²) in [6.07, 6.45) is 2.86. The second kappa shape index (κ2) is 5.56. The highest BCUT2D eigenvalue weighted by atomic mass is 32.2. The molecule has 74 valence electrons. The lowest BCUT2D eigenvalue weighted by molar-refractivity contribution is 0.845. The molecule has 0 heterocycles. The Morgan fingerprint density at radius 3 is 2.93 bits per heavy atom. The topological polar surface area (TPSA) is 35.8 Å². The third-order valence-corrected chi connectivity index (χ3v) is 2.70.